The van der Waals surface area contributed by atoms with E-state index in [-0.39, 0.29) is 23.3 Å². The van der Waals surface area contributed by atoms with Gasteiger partial charge in [-0.05, 0) is 37.3 Å². The zero-order valence-electron chi connectivity index (χ0n) is 19.9. The first-order valence-electron chi connectivity index (χ1n) is 11.2. The Morgan fingerprint density at radius 3 is 2.59 bits per heavy atom. The highest BCUT2D eigenvalue weighted by atomic mass is 32.2. The lowest BCUT2D eigenvalue weighted by Crippen LogP contribution is -2.41. The largest absolute Gasteiger partial charge is 0.486 e. The summed E-state index contributed by atoms with van der Waals surface area (Å²) in [7, 11) is 1.21. The number of para-hydroxylation sites is 2. The van der Waals surface area contributed by atoms with Crippen molar-refractivity contribution in [3.8, 4) is 11.5 Å². The van der Waals surface area contributed by atoms with Gasteiger partial charge in [-0.1, -0.05) is 12.1 Å². The van der Waals surface area contributed by atoms with Crippen LogP contribution in [0.5, 0.6) is 11.5 Å². The third-order valence-corrected chi connectivity index (χ3v) is 7.74. The van der Waals surface area contributed by atoms with Crippen molar-refractivity contribution < 1.29 is 22.7 Å². The molecule has 2 heterocycles. The molecule has 1 aliphatic rings. The summed E-state index contributed by atoms with van der Waals surface area (Å²) in [5.41, 5.74) is 1.45. The highest BCUT2D eigenvalue weighted by molar-refractivity contribution is 7.89. The molecule has 0 aliphatic carbocycles. The first-order chi connectivity index (χ1) is 16.2. The quantitative estimate of drug-likeness (QED) is 0.486. The van der Waals surface area contributed by atoms with Crippen molar-refractivity contribution in [1.29, 1.82) is 0 Å². The Labute approximate surface area is 199 Å². The van der Waals surface area contributed by atoms with E-state index in [2.05, 4.69) is 4.98 Å². The van der Waals surface area contributed by atoms with Crippen LogP contribution >= 0.6 is 0 Å². The summed E-state index contributed by atoms with van der Waals surface area (Å²) in [6.07, 6.45) is 0.500. The first-order valence-corrected chi connectivity index (χ1v) is 12.7. The van der Waals surface area contributed by atoms with Crippen LogP contribution in [-0.4, -0.2) is 73.5 Å². The molecule has 0 N–H and O–H groups in total. The van der Waals surface area contributed by atoms with Gasteiger partial charge in [0, 0.05) is 40.5 Å². The molecule has 3 aromatic rings. The number of aromatic nitrogens is 2. The van der Waals surface area contributed by atoms with Gasteiger partial charge >= 0.3 is 0 Å². The molecule has 0 bridgehead atoms. The van der Waals surface area contributed by atoms with Gasteiger partial charge in [-0.25, -0.2) is 17.7 Å². The Morgan fingerprint density at radius 2 is 1.88 bits per heavy atom. The second-order valence-corrected chi connectivity index (χ2v) is 10.6. The molecular formula is C24H30N4O5S. The maximum Gasteiger partial charge on any atom is 0.242 e. The number of hydrogen-bond acceptors (Lipinski definition) is 6. The van der Waals surface area contributed by atoms with Crippen LogP contribution < -0.4 is 9.47 Å². The monoisotopic (exact) mass is 486 g/mol. The Morgan fingerprint density at radius 1 is 1.15 bits per heavy atom. The standard InChI is InChI=1S/C24H30N4O5S/c1-5-28-20-11-10-18(34(30,31)26(2)3)14-19(20)25-23(28)12-13-24(29)27(4)15-17-16-32-21-8-6-7-9-22(21)33-17/h6-11,14,17H,5,12-13,15-16H2,1-4H3. The third-order valence-electron chi connectivity index (χ3n) is 5.93. The Bertz CT molecular complexity index is 1300. The van der Waals surface area contributed by atoms with Crippen LogP contribution in [0.1, 0.15) is 19.2 Å². The minimum atomic E-state index is -3.55. The molecule has 1 aromatic heterocycles. The zero-order chi connectivity index (χ0) is 24.5. The Hall–Kier alpha value is -3.11. The van der Waals surface area contributed by atoms with Crippen LogP contribution in [0.4, 0.5) is 0 Å². The molecule has 0 fully saturated rings. The van der Waals surface area contributed by atoms with E-state index in [1.54, 1.807) is 30.1 Å². The molecule has 34 heavy (non-hydrogen) atoms. The van der Waals surface area contributed by atoms with Crippen LogP contribution in [0.25, 0.3) is 11.0 Å². The number of nitrogens with zero attached hydrogens (tertiary/aromatic N) is 4. The second kappa shape index (κ2) is 9.63. The van der Waals surface area contributed by atoms with Crippen molar-refractivity contribution in [3.63, 3.8) is 0 Å². The summed E-state index contributed by atoms with van der Waals surface area (Å²) in [4.78, 5) is 19.3. The number of ether oxygens (including phenoxy) is 2. The van der Waals surface area contributed by atoms with Gasteiger partial charge < -0.3 is 18.9 Å². The van der Waals surface area contributed by atoms with Gasteiger partial charge in [0.25, 0.3) is 0 Å². The molecular weight excluding hydrogens is 456 g/mol. The van der Waals surface area contributed by atoms with Crippen molar-refractivity contribution in [2.45, 2.75) is 37.3 Å². The van der Waals surface area contributed by atoms with E-state index in [0.29, 0.717) is 43.1 Å². The lowest BCUT2D eigenvalue weighted by molar-refractivity contribution is -0.131. The summed E-state index contributed by atoms with van der Waals surface area (Å²) in [5.74, 6) is 2.14. The molecule has 0 spiro atoms. The molecule has 0 radical (unpaired) electrons. The van der Waals surface area contributed by atoms with Crippen LogP contribution in [0.15, 0.2) is 47.4 Å². The van der Waals surface area contributed by atoms with Crippen molar-refractivity contribution >= 4 is 27.0 Å². The number of hydrogen-bond donors (Lipinski definition) is 0. The van der Waals surface area contributed by atoms with E-state index >= 15 is 0 Å². The van der Waals surface area contributed by atoms with E-state index < -0.39 is 10.0 Å². The summed E-state index contributed by atoms with van der Waals surface area (Å²) >= 11 is 0. The van der Waals surface area contributed by atoms with Crippen molar-refractivity contribution in [3.05, 3.63) is 48.3 Å². The molecule has 4 rings (SSSR count). The average molecular weight is 487 g/mol. The lowest BCUT2D eigenvalue weighted by Gasteiger charge is -2.29. The normalized spacial score (nSPS) is 15.6. The zero-order valence-corrected chi connectivity index (χ0v) is 20.7. The average Bonchev–Trinajstić information content (AvgIpc) is 3.18. The second-order valence-electron chi connectivity index (χ2n) is 8.48. The minimum absolute atomic E-state index is 0.0203. The number of amides is 1. The predicted octanol–water partition coefficient (Wildman–Crippen LogP) is 2.54. The Kier molecular flexibility index (Phi) is 6.81. The van der Waals surface area contributed by atoms with Gasteiger partial charge in [-0.3, -0.25) is 4.79 Å². The summed E-state index contributed by atoms with van der Waals surface area (Å²) < 4.78 is 39.9. The molecule has 0 saturated carbocycles. The number of sulfonamides is 1. The summed E-state index contributed by atoms with van der Waals surface area (Å²) in [6, 6.07) is 12.5. The molecule has 182 valence electrons. The van der Waals surface area contributed by atoms with Gasteiger partial charge in [-0.2, -0.15) is 0 Å². The predicted molar refractivity (Wildman–Crippen MR) is 129 cm³/mol. The van der Waals surface area contributed by atoms with E-state index in [4.69, 9.17) is 9.47 Å². The van der Waals surface area contributed by atoms with E-state index in [1.165, 1.54) is 18.4 Å². The van der Waals surface area contributed by atoms with E-state index in [0.717, 1.165) is 11.3 Å². The van der Waals surface area contributed by atoms with Gasteiger partial charge in [0.1, 0.15) is 12.4 Å². The molecule has 1 unspecified atom stereocenters. The van der Waals surface area contributed by atoms with Crippen molar-refractivity contribution in [2.24, 2.45) is 0 Å². The smallest absolute Gasteiger partial charge is 0.242 e. The number of aryl methyl sites for hydroxylation is 2. The highest BCUT2D eigenvalue weighted by Crippen LogP contribution is 2.31. The molecule has 1 aliphatic heterocycles. The first kappa shape index (κ1) is 24.0. The Balaban J connectivity index is 1.42. The molecule has 1 amide bonds. The van der Waals surface area contributed by atoms with E-state index in [9.17, 15) is 13.2 Å². The molecule has 0 saturated heterocycles. The molecule has 9 nitrogen and oxygen atoms in total. The fraction of sp³-hybridized carbons (Fsp3) is 0.417. The van der Waals surface area contributed by atoms with Crippen LogP contribution in [0, 0.1) is 0 Å². The maximum atomic E-state index is 12.8. The molecule has 10 heteroatoms. The van der Waals surface area contributed by atoms with Crippen molar-refractivity contribution in [1.82, 2.24) is 18.8 Å². The van der Waals surface area contributed by atoms with Gasteiger partial charge in [0.05, 0.1) is 22.5 Å². The molecule has 2 aromatic carbocycles. The topological polar surface area (TPSA) is 94.0 Å². The number of carbonyl (C=O) groups excluding carboxylic acids is 1. The summed E-state index contributed by atoms with van der Waals surface area (Å²) in [6.45, 7) is 3.48. The molecule has 1 atom stereocenters. The van der Waals surface area contributed by atoms with Gasteiger partial charge in [0.15, 0.2) is 17.6 Å². The van der Waals surface area contributed by atoms with E-state index in [1.807, 2.05) is 35.8 Å². The number of carbonyl (C=O) groups is 1. The lowest BCUT2D eigenvalue weighted by atomic mass is 10.2. The third kappa shape index (κ3) is 4.74. The van der Waals surface area contributed by atoms with Crippen LogP contribution in [0.3, 0.4) is 0 Å². The number of rotatable bonds is 8. The minimum Gasteiger partial charge on any atom is -0.486 e. The van der Waals surface area contributed by atoms with Crippen molar-refractivity contribution in [2.75, 3.05) is 34.3 Å². The fourth-order valence-corrected chi connectivity index (χ4v) is 4.97. The van der Waals surface area contributed by atoms with Gasteiger partial charge in [0.2, 0.25) is 15.9 Å². The number of likely N-dealkylation sites (N-methyl/N-ethyl adjacent to an activating group) is 1. The SMILES string of the molecule is CCn1c(CCC(=O)N(C)CC2COc3ccccc3O2)nc2cc(S(=O)(=O)N(C)C)ccc21. The number of imidazole rings is 1. The maximum absolute atomic E-state index is 12.8. The number of fused-ring (bicyclic) bond motifs is 2. The summed E-state index contributed by atoms with van der Waals surface area (Å²) in [5, 5.41) is 0. The van der Waals surface area contributed by atoms with Crippen LogP contribution in [-0.2, 0) is 27.8 Å². The fourth-order valence-electron chi connectivity index (χ4n) is 4.04. The van der Waals surface area contributed by atoms with Crippen LogP contribution in [0.2, 0.25) is 0 Å². The number of benzene rings is 2. The van der Waals surface area contributed by atoms with Gasteiger partial charge in [-0.15, -0.1) is 0 Å². The highest BCUT2D eigenvalue weighted by Gasteiger charge is 2.24.